The van der Waals surface area contributed by atoms with E-state index in [1.807, 2.05) is 25.1 Å². The smallest absolute Gasteiger partial charge is 0.124 e. The fourth-order valence-electron chi connectivity index (χ4n) is 2.42. The summed E-state index contributed by atoms with van der Waals surface area (Å²) in [5.41, 5.74) is 8.42. The average molecular weight is 260 g/mol. The normalized spacial score (nSPS) is 22.3. The zero-order chi connectivity index (χ0) is 12.6. The van der Waals surface area contributed by atoms with Crippen molar-refractivity contribution in [2.45, 2.75) is 25.3 Å². The first-order valence-corrected chi connectivity index (χ1v) is 6.97. The van der Waals surface area contributed by atoms with E-state index < -0.39 is 0 Å². The minimum absolute atomic E-state index is 0.348. The largest absolute Gasteiger partial charge is 0.493 e. The summed E-state index contributed by atoms with van der Waals surface area (Å²) in [6.07, 6.45) is 1.62. The molecule has 0 aliphatic carbocycles. The van der Waals surface area contributed by atoms with Crippen LogP contribution in [0.4, 0.5) is 0 Å². The number of para-hydroxylation sites is 1. The molecule has 94 valence electrons. The standard InChI is InChI=1S/C14H16N2OS/c1-10-9-18-13(16-10)8-14(15)6-7-17-12-5-3-2-4-11(12)14/h2-5,9H,6-8,15H2,1H3. The molecule has 4 heteroatoms. The quantitative estimate of drug-likeness (QED) is 0.903. The Morgan fingerprint density at radius 2 is 2.28 bits per heavy atom. The molecule has 2 N–H and O–H groups in total. The van der Waals surface area contributed by atoms with E-state index in [4.69, 9.17) is 10.5 Å². The van der Waals surface area contributed by atoms with E-state index in [1.165, 1.54) is 0 Å². The highest BCUT2D eigenvalue weighted by molar-refractivity contribution is 7.09. The fourth-order valence-corrected chi connectivity index (χ4v) is 3.32. The molecule has 0 bridgehead atoms. The van der Waals surface area contributed by atoms with Crippen LogP contribution < -0.4 is 10.5 Å². The van der Waals surface area contributed by atoms with Gasteiger partial charge in [0.15, 0.2) is 0 Å². The van der Waals surface area contributed by atoms with E-state index >= 15 is 0 Å². The van der Waals surface area contributed by atoms with Gasteiger partial charge in [0.05, 0.1) is 17.2 Å². The Hall–Kier alpha value is -1.39. The summed E-state index contributed by atoms with van der Waals surface area (Å²) < 4.78 is 5.66. The molecule has 0 spiro atoms. The third kappa shape index (κ3) is 2.02. The molecule has 3 nitrogen and oxygen atoms in total. The number of benzene rings is 1. The molecule has 1 aromatic heterocycles. The van der Waals surface area contributed by atoms with Crippen LogP contribution >= 0.6 is 11.3 Å². The number of rotatable bonds is 2. The third-order valence-corrected chi connectivity index (χ3v) is 4.33. The van der Waals surface area contributed by atoms with Crippen LogP contribution in [0.15, 0.2) is 29.6 Å². The highest BCUT2D eigenvalue weighted by atomic mass is 32.1. The van der Waals surface area contributed by atoms with Crippen molar-refractivity contribution in [3.8, 4) is 5.75 Å². The first-order chi connectivity index (χ1) is 8.67. The van der Waals surface area contributed by atoms with Crippen LogP contribution in [0.2, 0.25) is 0 Å². The molecule has 0 saturated carbocycles. The molecule has 2 heterocycles. The van der Waals surface area contributed by atoms with Gasteiger partial charge in [-0.3, -0.25) is 0 Å². The highest BCUT2D eigenvalue weighted by Crippen LogP contribution is 2.37. The maximum Gasteiger partial charge on any atom is 0.124 e. The van der Waals surface area contributed by atoms with Gasteiger partial charge in [0.25, 0.3) is 0 Å². The van der Waals surface area contributed by atoms with E-state index in [1.54, 1.807) is 11.3 Å². The predicted molar refractivity (Wildman–Crippen MR) is 73.0 cm³/mol. The topological polar surface area (TPSA) is 48.1 Å². The molecule has 0 radical (unpaired) electrons. The summed E-state index contributed by atoms with van der Waals surface area (Å²) in [5, 5.41) is 3.18. The number of fused-ring (bicyclic) bond motifs is 1. The molecule has 1 aromatic carbocycles. The fraction of sp³-hybridized carbons (Fsp3) is 0.357. The molecule has 0 saturated heterocycles. The number of hydrogen-bond donors (Lipinski definition) is 1. The Morgan fingerprint density at radius 1 is 1.44 bits per heavy atom. The van der Waals surface area contributed by atoms with Crippen molar-refractivity contribution in [1.29, 1.82) is 0 Å². The lowest BCUT2D eigenvalue weighted by molar-refractivity contribution is 0.215. The van der Waals surface area contributed by atoms with Crippen LogP contribution in [0.5, 0.6) is 5.75 Å². The van der Waals surface area contributed by atoms with E-state index in [-0.39, 0.29) is 5.54 Å². The molecular formula is C14H16N2OS. The van der Waals surface area contributed by atoms with Gasteiger partial charge in [-0.25, -0.2) is 4.98 Å². The average Bonchev–Trinajstić information content (AvgIpc) is 2.75. The first-order valence-electron chi connectivity index (χ1n) is 6.10. The Bertz CT molecular complexity index is 566. The Morgan fingerprint density at radius 3 is 3.06 bits per heavy atom. The van der Waals surface area contributed by atoms with Crippen LogP contribution in [0.25, 0.3) is 0 Å². The summed E-state index contributed by atoms with van der Waals surface area (Å²) in [4.78, 5) is 4.52. The van der Waals surface area contributed by atoms with Crippen LogP contribution in [-0.4, -0.2) is 11.6 Å². The maximum atomic E-state index is 6.60. The number of nitrogens with two attached hydrogens (primary N) is 1. The van der Waals surface area contributed by atoms with Crippen LogP contribution in [0, 0.1) is 6.92 Å². The Labute approximate surface area is 111 Å². The van der Waals surface area contributed by atoms with Crippen LogP contribution in [-0.2, 0) is 12.0 Å². The Kier molecular flexibility index (Phi) is 2.84. The SMILES string of the molecule is Cc1csc(CC2(N)CCOc3ccccc32)n1. The Balaban J connectivity index is 1.95. The zero-order valence-corrected chi connectivity index (χ0v) is 11.2. The van der Waals surface area contributed by atoms with Gasteiger partial charge in [-0.1, -0.05) is 18.2 Å². The number of hydrogen-bond acceptors (Lipinski definition) is 4. The number of ether oxygens (including phenoxy) is 1. The van der Waals surface area contributed by atoms with Gasteiger partial charge in [-0.2, -0.15) is 0 Å². The van der Waals surface area contributed by atoms with Crippen molar-refractivity contribution in [1.82, 2.24) is 4.98 Å². The van der Waals surface area contributed by atoms with Crippen molar-refractivity contribution >= 4 is 11.3 Å². The number of aryl methyl sites for hydroxylation is 1. The zero-order valence-electron chi connectivity index (χ0n) is 10.3. The third-order valence-electron chi connectivity index (χ3n) is 3.36. The molecule has 1 unspecified atom stereocenters. The van der Waals surface area contributed by atoms with Gasteiger partial charge < -0.3 is 10.5 Å². The van der Waals surface area contributed by atoms with Crippen molar-refractivity contribution in [3.05, 3.63) is 45.9 Å². The molecule has 0 amide bonds. The molecule has 3 rings (SSSR count). The summed E-state index contributed by atoms with van der Waals surface area (Å²) in [6.45, 7) is 2.69. The minimum Gasteiger partial charge on any atom is -0.493 e. The van der Waals surface area contributed by atoms with Gasteiger partial charge in [0.2, 0.25) is 0 Å². The van der Waals surface area contributed by atoms with E-state index in [9.17, 15) is 0 Å². The second kappa shape index (κ2) is 4.37. The van der Waals surface area contributed by atoms with E-state index in [2.05, 4.69) is 16.4 Å². The van der Waals surface area contributed by atoms with Crippen LogP contribution in [0.3, 0.4) is 0 Å². The molecular weight excluding hydrogens is 244 g/mol. The summed E-state index contributed by atoms with van der Waals surface area (Å²) >= 11 is 1.68. The van der Waals surface area contributed by atoms with Gasteiger partial charge in [0.1, 0.15) is 5.75 Å². The second-order valence-electron chi connectivity index (χ2n) is 4.81. The predicted octanol–water partition coefficient (Wildman–Crippen LogP) is 2.63. The molecule has 1 aliphatic heterocycles. The van der Waals surface area contributed by atoms with Crippen molar-refractivity contribution in [2.75, 3.05) is 6.61 Å². The summed E-state index contributed by atoms with van der Waals surface area (Å²) in [6, 6.07) is 8.05. The molecule has 18 heavy (non-hydrogen) atoms. The molecule has 1 aliphatic rings. The molecule has 1 atom stereocenters. The van der Waals surface area contributed by atoms with Crippen molar-refractivity contribution in [3.63, 3.8) is 0 Å². The molecule has 2 aromatic rings. The lowest BCUT2D eigenvalue weighted by atomic mass is 9.83. The lowest BCUT2D eigenvalue weighted by Crippen LogP contribution is -2.43. The van der Waals surface area contributed by atoms with E-state index in [0.717, 1.165) is 34.9 Å². The van der Waals surface area contributed by atoms with Gasteiger partial charge in [-0.15, -0.1) is 11.3 Å². The number of thiazole rings is 1. The summed E-state index contributed by atoms with van der Waals surface area (Å²) in [5.74, 6) is 0.916. The van der Waals surface area contributed by atoms with Gasteiger partial charge in [-0.05, 0) is 13.0 Å². The molecule has 0 fully saturated rings. The van der Waals surface area contributed by atoms with Gasteiger partial charge >= 0.3 is 0 Å². The minimum atomic E-state index is -0.348. The monoisotopic (exact) mass is 260 g/mol. The number of nitrogens with zero attached hydrogens (tertiary/aromatic N) is 1. The van der Waals surface area contributed by atoms with E-state index in [0.29, 0.717) is 6.61 Å². The van der Waals surface area contributed by atoms with Crippen molar-refractivity contribution in [2.24, 2.45) is 5.73 Å². The lowest BCUT2D eigenvalue weighted by Gasteiger charge is -2.35. The van der Waals surface area contributed by atoms with Crippen molar-refractivity contribution < 1.29 is 4.74 Å². The maximum absolute atomic E-state index is 6.60. The second-order valence-corrected chi connectivity index (χ2v) is 5.75. The first kappa shape index (κ1) is 11.7. The van der Waals surface area contributed by atoms with Crippen LogP contribution in [0.1, 0.15) is 22.7 Å². The summed E-state index contributed by atoms with van der Waals surface area (Å²) in [7, 11) is 0. The van der Waals surface area contributed by atoms with Gasteiger partial charge in [0, 0.05) is 29.5 Å². The highest BCUT2D eigenvalue weighted by Gasteiger charge is 2.34. The number of aromatic nitrogens is 1.